The van der Waals surface area contributed by atoms with Crippen LogP contribution in [-0.4, -0.2) is 80.1 Å². The third-order valence-electron chi connectivity index (χ3n) is 3.76. The lowest BCUT2D eigenvalue weighted by Crippen LogP contribution is -2.54. The molecule has 2 fully saturated rings. The molecule has 0 bridgehead atoms. The molecule has 4 heteroatoms. The van der Waals surface area contributed by atoms with Gasteiger partial charge in [0.1, 0.15) is 0 Å². The Kier molecular flexibility index (Phi) is 3.61. The van der Waals surface area contributed by atoms with Gasteiger partial charge >= 0.3 is 0 Å². The van der Waals surface area contributed by atoms with Crippen molar-refractivity contribution in [2.45, 2.75) is 18.5 Å². The largest absolute Gasteiger partial charge is 0.326 e. The predicted octanol–water partition coefficient (Wildman–Crippen LogP) is -0.735. The summed E-state index contributed by atoms with van der Waals surface area (Å²) >= 11 is 0. The van der Waals surface area contributed by atoms with Gasteiger partial charge in [0, 0.05) is 44.8 Å². The maximum absolute atomic E-state index is 5.93. The quantitative estimate of drug-likeness (QED) is 0.654. The van der Waals surface area contributed by atoms with Crippen LogP contribution >= 0.6 is 0 Å². The molecule has 0 aliphatic carbocycles. The van der Waals surface area contributed by atoms with E-state index in [9.17, 15) is 0 Å². The van der Waals surface area contributed by atoms with E-state index in [0.29, 0.717) is 12.1 Å². The number of rotatable bonds is 2. The van der Waals surface area contributed by atoms with E-state index in [4.69, 9.17) is 5.73 Å². The van der Waals surface area contributed by atoms with Crippen LogP contribution in [0.4, 0.5) is 0 Å². The minimum absolute atomic E-state index is 0.414. The summed E-state index contributed by atoms with van der Waals surface area (Å²) in [4.78, 5) is 7.44. The zero-order valence-electron chi connectivity index (χ0n) is 10.0. The Labute approximate surface area is 93.0 Å². The van der Waals surface area contributed by atoms with Gasteiger partial charge in [-0.25, -0.2) is 0 Å². The smallest absolute Gasteiger partial charge is 0.0347 e. The first-order valence-electron chi connectivity index (χ1n) is 6.02. The minimum atomic E-state index is 0.414. The van der Waals surface area contributed by atoms with Gasteiger partial charge in [0.2, 0.25) is 0 Å². The van der Waals surface area contributed by atoms with Crippen molar-refractivity contribution in [3.05, 3.63) is 0 Å². The summed E-state index contributed by atoms with van der Waals surface area (Å²) in [5.74, 6) is 0. The monoisotopic (exact) mass is 212 g/mol. The fraction of sp³-hybridized carbons (Fsp3) is 1.00. The van der Waals surface area contributed by atoms with E-state index >= 15 is 0 Å². The van der Waals surface area contributed by atoms with Gasteiger partial charge in [0.15, 0.2) is 0 Å². The van der Waals surface area contributed by atoms with Crippen LogP contribution in [0, 0.1) is 0 Å². The van der Waals surface area contributed by atoms with E-state index in [1.807, 2.05) is 0 Å². The zero-order chi connectivity index (χ0) is 10.8. The summed E-state index contributed by atoms with van der Waals surface area (Å²) in [5, 5.41) is 0. The summed E-state index contributed by atoms with van der Waals surface area (Å²) in [6, 6.07) is 1.10. The molecule has 0 aromatic heterocycles. The molecule has 0 saturated carbocycles. The fourth-order valence-electron chi connectivity index (χ4n) is 2.63. The second-order valence-electron chi connectivity index (χ2n) is 5.21. The van der Waals surface area contributed by atoms with Crippen LogP contribution in [0.1, 0.15) is 6.42 Å². The first-order valence-corrected chi connectivity index (χ1v) is 6.02. The first-order chi connectivity index (χ1) is 7.15. The highest BCUT2D eigenvalue weighted by atomic mass is 15.3. The molecule has 0 aromatic carbocycles. The Hall–Kier alpha value is -0.160. The summed E-state index contributed by atoms with van der Waals surface area (Å²) < 4.78 is 0. The number of hydrogen-bond donors (Lipinski definition) is 1. The number of nitrogens with two attached hydrogens (primary N) is 1. The van der Waals surface area contributed by atoms with Crippen LogP contribution in [-0.2, 0) is 0 Å². The van der Waals surface area contributed by atoms with E-state index in [-0.39, 0.29) is 0 Å². The third kappa shape index (κ3) is 2.91. The van der Waals surface area contributed by atoms with Gasteiger partial charge in [-0.3, -0.25) is 4.90 Å². The second-order valence-corrected chi connectivity index (χ2v) is 5.21. The molecular formula is C11H24N4. The molecule has 2 atom stereocenters. The Morgan fingerprint density at radius 1 is 1.13 bits per heavy atom. The van der Waals surface area contributed by atoms with E-state index < -0.39 is 0 Å². The van der Waals surface area contributed by atoms with Crippen molar-refractivity contribution in [2.24, 2.45) is 5.73 Å². The number of nitrogens with zero attached hydrogens (tertiary/aromatic N) is 3. The molecular weight excluding hydrogens is 188 g/mol. The number of piperazine rings is 1. The van der Waals surface area contributed by atoms with Gasteiger partial charge in [-0.2, -0.15) is 0 Å². The van der Waals surface area contributed by atoms with Crippen LogP contribution < -0.4 is 5.73 Å². The first kappa shape index (κ1) is 11.3. The van der Waals surface area contributed by atoms with Crippen LogP contribution in [0.2, 0.25) is 0 Å². The Bertz CT molecular complexity index is 209. The highest BCUT2D eigenvalue weighted by molar-refractivity contribution is 4.85. The van der Waals surface area contributed by atoms with Gasteiger partial charge in [0.05, 0.1) is 0 Å². The third-order valence-corrected chi connectivity index (χ3v) is 3.76. The minimum Gasteiger partial charge on any atom is -0.326 e. The SMILES string of the molecule is CN1CCN(C)C(CN2CCC(N)C2)C1. The van der Waals surface area contributed by atoms with Crippen LogP contribution in [0.15, 0.2) is 0 Å². The average Bonchev–Trinajstić information content (AvgIpc) is 2.58. The van der Waals surface area contributed by atoms with Gasteiger partial charge < -0.3 is 15.5 Å². The highest BCUT2D eigenvalue weighted by Gasteiger charge is 2.27. The fourth-order valence-corrected chi connectivity index (χ4v) is 2.63. The molecule has 2 saturated heterocycles. The Morgan fingerprint density at radius 2 is 1.93 bits per heavy atom. The predicted molar refractivity (Wildman–Crippen MR) is 62.9 cm³/mol. The van der Waals surface area contributed by atoms with Gasteiger partial charge in [-0.1, -0.05) is 0 Å². The van der Waals surface area contributed by atoms with Crippen molar-refractivity contribution in [2.75, 3.05) is 53.4 Å². The van der Waals surface area contributed by atoms with Crippen molar-refractivity contribution in [1.29, 1.82) is 0 Å². The lowest BCUT2D eigenvalue weighted by atomic mass is 10.2. The molecule has 2 rings (SSSR count). The Balaban J connectivity index is 1.82. The van der Waals surface area contributed by atoms with Crippen molar-refractivity contribution >= 4 is 0 Å². The molecule has 4 nitrogen and oxygen atoms in total. The van der Waals surface area contributed by atoms with Crippen molar-refractivity contribution in [3.63, 3.8) is 0 Å². The van der Waals surface area contributed by atoms with Crippen molar-refractivity contribution < 1.29 is 0 Å². The molecule has 0 aromatic rings. The molecule has 88 valence electrons. The molecule has 2 aliphatic heterocycles. The van der Waals surface area contributed by atoms with Crippen LogP contribution in [0.3, 0.4) is 0 Å². The lowest BCUT2D eigenvalue weighted by molar-refractivity contribution is 0.0887. The standard InChI is InChI=1S/C11H24N4/c1-13-5-6-14(2)11(8-13)9-15-4-3-10(12)7-15/h10-11H,3-9,12H2,1-2H3. The van der Waals surface area contributed by atoms with E-state index in [1.165, 1.54) is 39.1 Å². The zero-order valence-corrected chi connectivity index (χ0v) is 10.0. The normalized spacial score (nSPS) is 36.2. The Morgan fingerprint density at radius 3 is 2.60 bits per heavy atom. The number of hydrogen-bond acceptors (Lipinski definition) is 4. The molecule has 0 amide bonds. The molecule has 2 aliphatic rings. The average molecular weight is 212 g/mol. The number of likely N-dealkylation sites (tertiary alicyclic amines) is 1. The van der Waals surface area contributed by atoms with E-state index in [1.54, 1.807) is 0 Å². The van der Waals surface area contributed by atoms with Crippen LogP contribution in [0.5, 0.6) is 0 Å². The number of likely N-dealkylation sites (N-methyl/N-ethyl adjacent to an activating group) is 2. The summed E-state index contributed by atoms with van der Waals surface area (Å²) in [7, 11) is 4.46. The van der Waals surface area contributed by atoms with Crippen LogP contribution in [0.25, 0.3) is 0 Å². The highest BCUT2D eigenvalue weighted by Crippen LogP contribution is 2.12. The second kappa shape index (κ2) is 4.78. The van der Waals surface area contributed by atoms with E-state index in [2.05, 4.69) is 28.8 Å². The molecule has 2 N–H and O–H groups in total. The molecule has 2 heterocycles. The van der Waals surface area contributed by atoms with Gasteiger partial charge in [-0.15, -0.1) is 0 Å². The van der Waals surface area contributed by atoms with E-state index in [0.717, 1.165) is 6.54 Å². The topological polar surface area (TPSA) is 35.7 Å². The lowest BCUT2D eigenvalue weighted by Gasteiger charge is -2.39. The van der Waals surface area contributed by atoms with Crippen molar-refractivity contribution in [1.82, 2.24) is 14.7 Å². The summed E-state index contributed by atoms with van der Waals surface area (Å²) in [6.45, 7) is 7.06. The van der Waals surface area contributed by atoms with Gasteiger partial charge in [-0.05, 0) is 27.1 Å². The van der Waals surface area contributed by atoms with Gasteiger partial charge in [0.25, 0.3) is 0 Å². The molecule has 0 spiro atoms. The maximum atomic E-state index is 5.93. The summed E-state index contributed by atoms with van der Waals surface area (Å²) in [6.07, 6.45) is 1.17. The molecule has 15 heavy (non-hydrogen) atoms. The maximum Gasteiger partial charge on any atom is 0.0347 e. The molecule has 0 radical (unpaired) electrons. The summed E-state index contributed by atoms with van der Waals surface area (Å²) in [5.41, 5.74) is 5.93. The van der Waals surface area contributed by atoms with Crippen molar-refractivity contribution in [3.8, 4) is 0 Å². The molecule has 2 unspecified atom stereocenters.